The Morgan fingerprint density at radius 3 is 3.15 bits per heavy atom. The van der Waals surface area contributed by atoms with Crippen LogP contribution in [0.1, 0.15) is 17.2 Å². The van der Waals surface area contributed by atoms with Crippen LogP contribution in [0.5, 0.6) is 5.75 Å². The zero-order valence-electron chi connectivity index (χ0n) is 10.9. The third-order valence-electron chi connectivity index (χ3n) is 3.40. The minimum Gasteiger partial charge on any atom is -0.488 e. The van der Waals surface area contributed by atoms with E-state index in [0.29, 0.717) is 6.54 Å². The first kappa shape index (κ1) is 14.1. The van der Waals surface area contributed by atoms with Crippen LogP contribution in [0, 0.1) is 0 Å². The summed E-state index contributed by atoms with van der Waals surface area (Å²) in [5.74, 6) is 0.971. The van der Waals surface area contributed by atoms with Crippen molar-refractivity contribution in [3.8, 4) is 5.75 Å². The van der Waals surface area contributed by atoms with Crippen molar-refractivity contribution < 1.29 is 9.84 Å². The van der Waals surface area contributed by atoms with Gasteiger partial charge in [0.2, 0.25) is 0 Å². The highest BCUT2D eigenvalue weighted by Gasteiger charge is 2.22. The number of aliphatic hydroxyl groups is 1. The van der Waals surface area contributed by atoms with Gasteiger partial charge >= 0.3 is 0 Å². The van der Waals surface area contributed by atoms with Gasteiger partial charge in [0.15, 0.2) is 0 Å². The Bertz CT molecular complexity index is 573. The van der Waals surface area contributed by atoms with Crippen LogP contribution in [-0.2, 0) is 6.42 Å². The summed E-state index contributed by atoms with van der Waals surface area (Å²) < 4.78 is 6.96. The molecule has 5 heteroatoms. The minimum absolute atomic E-state index is 0.147. The lowest BCUT2D eigenvalue weighted by molar-refractivity contribution is 0.164. The van der Waals surface area contributed by atoms with Gasteiger partial charge in [0.25, 0.3) is 0 Å². The Balaban J connectivity index is 1.47. The second-order valence-electron chi connectivity index (χ2n) is 4.93. The molecule has 2 aromatic rings. The summed E-state index contributed by atoms with van der Waals surface area (Å²) in [4.78, 5) is 0. The highest BCUT2D eigenvalue weighted by atomic mass is 79.9. The molecule has 0 fully saturated rings. The monoisotopic (exact) mass is 353 g/mol. The molecule has 3 nitrogen and oxygen atoms in total. The lowest BCUT2D eigenvalue weighted by Crippen LogP contribution is -2.32. The van der Waals surface area contributed by atoms with Crippen molar-refractivity contribution in [2.75, 3.05) is 13.1 Å². The third kappa shape index (κ3) is 3.23. The van der Waals surface area contributed by atoms with Crippen LogP contribution >= 0.6 is 27.3 Å². The molecule has 2 atom stereocenters. The van der Waals surface area contributed by atoms with Crippen LogP contribution in [0.3, 0.4) is 0 Å². The van der Waals surface area contributed by atoms with Gasteiger partial charge in [-0.3, -0.25) is 0 Å². The molecule has 0 amide bonds. The van der Waals surface area contributed by atoms with Crippen LogP contribution in [0.15, 0.2) is 39.5 Å². The molecule has 1 aliphatic rings. The lowest BCUT2D eigenvalue weighted by Gasteiger charge is -2.14. The molecule has 0 saturated carbocycles. The Morgan fingerprint density at radius 2 is 2.35 bits per heavy atom. The van der Waals surface area contributed by atoms with Crippen LogP contribution in [0.4, 0.5) is 0 Å². The molecule has 1 aromatic heterocycles. The van der Waals surface area contributed by atoms with E-state index in [-0.39, 0.29) is 6.10 Å². The first-order valence-corrected chi connectivity index (χ1v) is 8.32. The maximum absolute atomic E-state index is 9.99. The Kier molecular flexibility index (Phi) is 4.41. The molecule has 3 rings (SSSR count). The zero-order valence-corrected chi connectivity index (χ0v) is 13.3. The predicted octanol–water partition coefficient (Wildman–Crippen LogP) is 3.14. The highest BCUT2D eigenvalue weighted by molar-refractivity contribution is 9.10. The molecule has 0 saturated heterocycles. The van der Waals surface area contributed by atoms with E-state index in [1.807, 2.05) is 29.0 Å². The molecule has 0 radical (unpaired) electrons. The predicted molar refractivity (Wildman–Crippen MR) is 84.4 cm³/mol. The molecule has 2 heterocycles. The van der Waals surface area contributed by atoms with Gasteiger partial charge in [0.1, 0.15) is 11.9 Å². The van der Waals surface area contributed by atoms with E-state index in [2.05, 4.69) is 27.3 Å². The highest BCUT2D eigenvalue weighted by Crippen LogP contribution is 2.30. The van der Waals surface area contributed by atoms with Crippen LogP contribution < -0.4 is 10.1 Å². The number of fused-ring (bicyclic) bond motifs is 1. The summed E-state index contributed by atoms with van der Waals surface area (Å²) >= 11 is 5.08. The molecule has 2 unspecified atom stereocenters. The molecule has 20 heavy (non-hydrogen) atoms. The first-order valence-electron chi connectivity index (χ1n) is 6.58. The topological polar surface area (TPSA) is 41.5 Å². The molecular weight excluding hydrogens is 338 g/mol. The zero-order chi connectivity index (χ0) is 13.9. The van der Waals surface area contributed by atoms with Crippen LogP contribution in [0.2, 0.25) is 0 Å². The van der Waals surface area contributed by atoms with E-state index in [9.17, 15) is 5.11 Å². The lowest BCUT2D eigenvalue weighted by atomic mass is 10.1. The van der Waals surface area contributed by atoms with E-state index in [0.717, 1.165) is 28.8 Å². The van der Waals surface area contributed by atoms with Crippen molar-refractivity contribution in [1.29, 1.82) is 0 Å². The first-order chi connectivity index (χ1) is 9.72. The van der Waals surface area contributed by atoms with Crippen molar-refractivity contribution in [1.82, 2.24) is 5.32 Å². The molecule has 0 bridgehead atoms. The quantitative estimate of drug-likeness (QED) is 0.867. The number of nitrogens with one attached hydrogen (secondary N) is 1. The molecule has 2 N–H and O–H groups in total. The van der Waals surface area contributed by atoms with Gasteiger partial charge in [-0.2, -0.15) is 11.3 Å². The molecule has 0 aliphatic carbocycles. The summed E-state index contributed by atoms with van der Waals surface area (Å²) in [6.45, 7) is 1.30. The van der Waals surface area contributed by atoms with Crippen molar-refractivity contribution >= 4 is 27.3 Å². The Morgan fingerprint density at radius 1 is 1.45 bits per heavy atom. The molecule has 1 aromatic carbocycles. The van der Waals surface area contributed by atoms with Gasteiger partial charge in [0, 0.05) is 24.0 Å². The fraction of sp³-hybridized carbons (Fsp3) is 0.333. The van der Waals surface area contributed by atoms with Crippen molar-refractivity contribution in [3.63, 3.8) is 0 Å². The Labute approximate surface area is 130 Å². The summed E-state index contributed by atoms with van der Waals surface area (Å²) in [7, 11) is 0. The fourth-order valence-electron chi connectivity index (χ4n) is 2.37. The number of rotatable bonds is 5. The minimum atomic E-state index is -0.445. The van der Waals surface area contributed by atoms with Gasteiger partial charge in [-0.05, 0) is 46.2 Å². The smallest absolute Gasteiger partial charge is 0.123 e. The standard InChI is InChI=1S/C15H16BrNO2S/c16-12-1-2-15-11(5-12)6-13(19-15)7-17-8-14(18)10-3-4-20-9-10/h1-5,9,13-14,17-18H,6-8H2. The third-order valence-corrected chi connectivity index (χ3v) is 4.60. The van der Waals surface area contributed by atoms with Gasteiger partial charge in [0.05, 0.1) is 6.10 Å². The fourth-order valence-corrected chi connectivity index (χ4v) is 3.48. The normalized spacial score (nSPS) is 18.6. The van der Waals surface area contributed by atoms with Gasteiger partial charge in [-0.1, -0.05) is 15.9 Å². The van der Waals surface area contributed by atoms with Crippen molar-refractivity contribution in [3.05, 3.63) is 50.6 Å². The number of benzene rings is 1. The molecule has 1 aliphatic heterocycles. The number of ether oxygens (including phenoxy) is 1. The van der Waals surface area contributed by atoms with E-state index in [4.69, 9.17) is 4.74 Å². The van der Waals surface area contributed by atoms with Gasteiger partial charge < -0.3 is 15.2 Å². The molecular formula is C15H16BrNO2S. The SMILES string of the molecule is OC(CNCC1Cc2cc(Br)ccc2O1)c1ccsc1. The Hall–Kier alpha value is -0.880. The van der Waals surface area contributed by atoms with Gasteiger partial charge in [-0.25, -0.2) is 0 Å². The van der Waals surface area contributed by atoms with Crippen molar-refractivity contribution in [2.24, 2.45) is 0 Å². The van der Waals surface area contributed by atoms with E-state index >= 15 is 0 Å². The van der Waals surface area contributed by atoms with Gasteiger partial charge in [-0.15, -0.1) is 0 Å². The number of aliphatic hydroxyl groups excluding tert-OH is 1. The maximum atomic E-state index is 9.99. The molecule has 106 valence electrons. The summed E-state index contributed by atoms with van der Waals surface area (Å²) in [5, 5.41) is 17.2. The average molecular weight is 354 g/mol. The van der Waals surface area contributed by atoms with Crippen LogP contribution in [0.25, 0.3) is 0 Å². The number of halogens is 1. The second kappa shape index (κ2) is 6.26. The van der Waals surface area contributed by atoms with E-state index < -0.39 is 6.10 Å². The largest absolute Gasteiger partial charge is 0.488 e. The summed E-state index contributed by atoms with van der Waals surface area (Å²) in [6.07, 6.45) is 0.615. The number of thiophene rings is 1. The van der Waals surface area contributed by atoms with Crippen LogP contribution in [-0.4, -0.2) is 24.3 Å². The summed E-state index contributed by atoms with van der Waals surface area (Å²) in [5.41, 5.74) is 2.21. The van der Waals surface area contributed by atoms with E-state index in [1.165, 1.54) is 5.56 Å². The second-order valence-corrected chi connectivity index (χ2v) is 6.62. The number of hydrogen-bond acceptors (Lipinski definition) is 4. The molecule has 0 spiro atoms. The maximum Gasteiger partial charge on any atom is 0.123 e. The average Bonchev–Trinajstić information content (AvgIpc) is 3.06. The van der Waals surface area contributed by atoms with E-state index in [1.54, 1.807) is 11.3 Å². The summed E-state index contributed by atoms with van der Waals surface area (Å²) in [6, 6.07) is 8.06. The van der Waals surface area contributed by atoms with Crippen molar-refractivity contribution in [2.45, 2.75) is 18.6 Å². The number of hydrogen-bond donors (Lipinski definition) is 2.